The zero-order valence-electron chi connectivity index (χ0n) is 17.7. The number of methoxy groups -OCH3 is 1. The maximum absolute atomic E-state index is 12.3. The quantitative estimate of drug-likeness (QED) is 0.350. The molecule has 156 valence electrons. The second-order valence-corrected chi connectivity index (χ2v) is 14.5. The molecule has 0 saturated heterocycles. The monoisotopic (exact) mass is 474 g/mol. The van der Waals surface area contributed by atoms with E-state index in [1.165, 1.54) is 17.5 Å². The lowest BCUT2D eigenvalue weighted by molar-refractivity contribution is -0.147. The first-order chi connectivity index (χ1) is 13.8. The van der Waals surface area contributed by atoms with Crippen LogP contribution in [0.1, 0.15) is 33.6 Å². The number of hydrogen-bond donors (Lipinski definition) is 0. The molecule has 29 heavy (non-hydrogen) atoms. The number of alkyl halides is 1. The number of esters is 1. The van der Waals surface area contributed by atoms with Gasteiger partial charge in [0, 0.05) is 11.4 Å². The van der Waals surface area contributed by atoms with Crippen molar-refractivity contribution in [2.24, 2.45) is 11.8 Å². The van der Waals surface area contributed by atoms with E-state index in [2.05, 4.69) is 97.4 Å². The van der Waals surface area contributed by atoms with Gasteiger partial charge >= 0.3 is 5.97 Å². The molecule has 0 aliphatic heterocycles. The minimum Gasteiger partial charge on any atom is -0.469 e. The standard InChI is InChI=1S/C24H31BrO3Si/c1-24(2,3)29(20-11-7-5-8-12-20,21-13-9-6-10-14-21)28-17-18-15-19(25)16-22(18)23(26)27-4/h5-14,18-19,22H,15-17H2,1-4H3/t18-,19-,22?/m0/s1. The highest BCUT2D eigenvalue weighted by molar-refractivity contribution is 9.09. The number of rotatable bonds is 6. The van der Waals surface area contributed by atoms with E-state index in [9.17, 15) is 4.79 Å². The summed E-state index contributed by atoms with van der Waals surface area (Å²) in [7, 11) is -1.10. The predicted molar refractivity (Wildman–Crippen MR) is 125 cm³/mol. The fourth-order valence-corrected chi connectivity index (χ4v) is 10.2. The molecule has 2 aromatic rings. The third-order valence-corrected chi connectivity index (χ3v) is 11.8. The molecule has 1 unspecified atom stereocenters. The summed E-state index contributed by atoms with van der Waals surface area (Å²) >= 11 is 3.71. The van der Waals surface area contributed by atoms with Gasteiger partial charge in [-0.05, 0) is 34.2 Å². The first-order valence-electron chi connectivity index (χ1n) is 10.3. The Kier molecular flexibility index (Phi) is 7.02. The summed E-state index contributed by atoms with van der Waals surface area (Å²) in [5, 5.41) is 2.46. The molecule has 1 aliphatic carbocycles. The molecular weight excluding hydrogens is 444 g/mol. The normalized spacial score (nSPS) is 22.4. The maximum Gasteiger partial charge on any atom is 0.309 e. The Morgan fingerprint density at radius 3 is 1.97 bits per heavy atom. The fraction of sp³-hybridized carbons (Fsp3) is 0.458. The van der Waals surface area contributed by atoms with E-state index in [4.69, 9.17) is 9.16 Å². The number of carbonyl (C=O) groups excluding carboxylic acids is 1. The molecule has 3 atom stereocenters. The van der Waals surface area contributed by atoms with Crippen molar-refractivity contribution in [3.63, 3.8) is 0 Å². The second-order valence-electron chi connectivity index (χ2n) is 8.93. The Hall–Kier alpha value is -1.43. The molecule has 0 heterocycles. The molecule has 0 aromatic heterocycles. The van der Waals surface area contributed by atoms with Gasteiger partial charge in [-0.25, -0.2) is 0 Å². The molecular formula is C24H31BrO3Si. The first kappa shape index (κ1) is 22.3. The number of benzene rings is 2. The van der Waals surface area contributed by atoms with E-state index in [0.29, 0.717) is 11.4 Å². The molecule has 5 heteroatoms. The van der Waals surface area contributed by atoms with Crippen LogP contribution in [0.4, 0.5) is 0 Å². The van der Waals surface area contributed by atoms with Crippen LogP contribution < -0.4 is 10.4 Å². The minimum atomic E-state index is -2.58. The number of halogens is 1. The van der Waals surface area contributed by atoms with E-state index in [0.717, 1.165) is 12.8 Å². The average Bonchev–Trinajstić information content (AvgIpc) is 3.09. The van der Waals surface area contributed by atoms with Crippen LogP contribution in [0, 0.1) is 11.8 Å². The van der Waals surface area contributed by atoms with Gasteiger partial charge in [0.1, 0.15) is 0 Å². The van der Waals surface area contributed by atoms with Crippen LogP contribution in [0.25, 0.3) is 0 Å². The van der Waals surface area contributed by atoms with Crippen molar-refractivity contribution < 1.29 is 14.0 Å². The van der Waals surface area contributed by atoms with Gasteiger partial charge in [0.25, 0.3) is 8.32 Å². The van der Waals surface area contributed by atoms with Gasteiger partial charge in [-0.15, -0.1) is 0 Å². The van der Waals surface area contributed by atoms with Gasteiger partial charge in [0.05, 0.1) is 13.0 Å². The van der Waals surface area contributed by atoms with Crippen molar-refractivity contribution >= 4 is 40.6 Å². The summed E-state index contributed by atoms with van der Waals surface area (Å²) in [6, 6.07) is 21.3. The summed E-state index contributed by atoms with van der Waals surface area (Å²) in [5.41, 5.74) is 0. The number of ether oxygens (including phenoxy) is 1. The third kappa shape index (κ3) is 4.52. The van der Waals surface area contributed by atoms with Gasteiger partial charge < -0.3 is 9.16 Å². The van der Waals surface area contributed by atoms with Gasteiger partial charge in [-0.1, -0.05) is 97.4 Å². The van der Waals surface area contributed by atoms with E-state index in [-0.39, 0.29) is 22.8 Å². The lowest BCUT2D eigenvalue weighted by atomic mass is 9.97. The molecule has 0 N–H and O–H groups in total. The SMILES string of the molecule is COC(=O)C1C[C@@H](Br)C[C@H]1CO[Si](c1ccccc1)(c1ccccc1)C(C)(C)C. The Labute approximate surface area is 184 Å². The summed E-state index contributed by atoms with van der Waals surface area (Å²) in [6.45, 7) is 7.39. The summed E-state index contributed by atoms with van der Waals surface area (Å²) in [4.78, 5) is 12.7. The lowest BCUT2D eigenvalue weighted by Crippen LogP contribution is -2.67. The van der Waals surface area contributed by atoms with Crippen LogP contribution >= 0.6 is 15.9 Å². The summed E-state index contributed by atoms with van der Waals surface area (Å²) in [5.74, 6) is -0.0703. The average molecular weight is 475 g/mol. The highest BCUT2D eigenvalue weighted by atomic mass is 79.9. The maximum atomic E-state index is 12.3. The summed E-state index contributed by atoms with van der Waals surface area (Å²) in [6.07, 6.45) is 1.74. The zero-order chi connectivity index (χ0) is 21.1. The first-order valence-corrected chi connectivity index (χ1v) is 13.1. The fourth-order valence-electron chi connectivity index (χ4n) is 4.67. The van der Waals surface area contributed by atoms with Crippen molar-refractivity contribution in [3.05, 3.63) is 60.7 Å². The Bertz CT molecular complexity index is 764. The highest BCUT2D eigenvalue weighted by Gasteiger charge is 2.51. The molecule has 0 bridgehead atoms. The van der Waals surface area contributed by atoms with Gasteiger partial charge in [-0.3, -0.25) is 4.79 Å². The minimum absolute atomic E-state index is 0.0666. The molecule has 1 aliphatic rings. The van der Waals surface area contributed by atoms with Crippen LogP contribution in [-0.2, 0) is 14.0 Å². The predicted octanol–water partition coefficient (Wildman–Crippen LogP) is 4.53. The molecule has 3 rings (SSSR count). The van der Waals surface area contributed by atoms with Crippen molar-refractivity contribution in [1.29, 1.82) is 0 Å². The van der Waals surface area contributed by atoms with Crippen LogP contribution in [0.2, 0.25) is 5.04 Å². The van der Waals surface area contributed by atoms with E-state index in [1.807, 2.05) is 0 Å². The van der Waals surface area contributed by atoms with E-state index < -0.39 is 8.32 Å². The molecule has 2 aromatic carbocycles. The zero-order valence-corrected chi connectivity index (χ0v) is 20.3. The smallest absolute Gasteiger partial charge is 0.309 e. The van der Waals surface area contributed by atoms with Crippen LogP contribution in [0.3, 0.4) is 0 Å². The lowest BCUT2D eigenvalue weighted by Gasteiger charge is -2.43. The van der Waals surface area contributed by atoms with Crippen molar-refractivity contribution in [2.45, 2.75) is 43.5 Å². The molecule has 0 amide bonds. The molecule has 0 radical (unpaired) electrons. The third-order valence-electron chi connectivity index (χ3n) is 6.07. The number of hydrogen-bond acceptors (Lipinski definition) is 3. The summed E-state index contributed by atoms with van der Waals surface area (Å²) < 4.78 is 12.1. The number of carbonyl (C=O) groups is 1. The van der Waals surface area contributed by atoms with Crippen LogP contribution in [0.15, 0.2) is 60.7 Å². The van der Waals surface area contributed by atoms with Crippen molar-refractivity contribution in [3.8, 4) is 0 Å². The second kappa shape index (κ2) is 9.15. The molecule has 0 spiro atoms. The van der Waals surface area contributed by atoms with E-state index >= 15 is 0 Å². The van der Waals surface area contributed by atoms with Crippen molar-refractivity contribution in [2.75, 3.05) is 13.7 Å². The van der Waals surface area contributed by atoms with Gasteiger partial charge in [0.15, 0.2) is 0 Å². The molecule has 1 saturated carbocycles. The highest BCUT2D eigenvalue weighted by Crippen LogP contribution is 2.41. The van der Waals surface area contributed by atoms with Gasteiger partial charge in [0.2, 0.25) is 0 Å². The van der Waals surface area contributed by atoms with Gasteiger partial charge in [-0.2, -0.15) is 0 Å². The van der Waals surface area contributed by atoms with E-state index in [1.54, 1.807) is 0 Å². The largest absolute Gasteiger partial charge is 0.469 e. The topological polar surface area (TPSA) is 35.5 Å². The molecule has 3 nitrogen and oxygen atoms in total. The Morgan fingerprint density at radius 1 is 1.00 bits per heavy atom. The van der Waals surface area contributed by atoms with Crippen LogP contribution in [-0.4, -0.2) is 32.8 Å². The van der Waals surface area contributed by atoms with Crippen LogP contribution in [0.5, 0.6) is 0 Å². The van der Waals surface area contributed by atoms with Crippen molar-refractivity contribution in [1.82, 2.24) is 0 Å². The molecule has 1 fully saturated rings. The Morgan fingerprint density at radius 2 is 1.52 bits per heavy atom. The Balaban J connectivity index is 2.01.